The van der Waals surface area contributed by atoms with Crippen LogP contribution in [0.25, 0.3) is 10.2 Å². The molecule has 1 aromatic heterocycles. The van der Waals surface area contributed by atoms with Crippen molar-refractivity contribution in [2.45, 2.75) is 37.5 Å². The lowest BCUT2D eigenvalue weighted by molar-refractivity contribution is -0.134. The van der Waals surface area contributed by atoms with E-state index in [0.717, 1.165) is 12.8 Å². The zero-order valence-corrected chi connectivity index (χ0v) is 17.2. The molecule has 0 bridgehead atoms. The Kier molecular flexibility index (Phi) is 4.88. The van der Waals surface area contributed by atoms with E-state index in [1.807, 2.05) is 0 Å². The molecule has 10 heteroatoms. The van der Waals surface area contributed by atoms with Crippen LogP contribution in [0.4, 0.5) is 5.13 Å². The number of hydrogen-bond donors (Lipinski definition) is 2. The zero-order valence-electron chi connectivity index (χ0n) is 15.5. The van der Waals surface area contributed by atoms with E-state index in [2.05, 4.69) is 15.6 Å². The lowest BCUT2D eigenvalue weighted by atomic mass is 9.80. The van der Waals surface area contributed by atoms with Gasteiger partial charge in [-0.25, -0.2) is 13.4 Å². The third-order valence-corrected chi connectivity index (χ3v) is 8.21. The Hall–Kier alpha value is -2.04. The second-order valence-corrected chi connectivity index (χ2v) is 10.5. The van der Waals surface area contributed by atoms with Crippen LogP contribution in [0.3, 0.4) is 0 Å². The highest BCUT2D eigenvalue weighted by atomic mass is 32.2. The predicted octanol–water partition coefficient (Wildman–Crippen LogP) is 1.94. The van der Waals surface area contributed by atoms with E-state index in [9.17, 15) is 18.0 Å². The van der Waals surface area contributed by atoms with Crippen molar-refractivity contribution in [3.05, 3.63) is 18.2 Å². The summed E-state index contributed by atoms with van der Waals surface area (Å²) in [6.07, 6.45) is 2.47. The third-order valence-electron chi connectivity index (χ3n) is 5.38. The molecule has 0 spiro atoms. The number of sulfonamides is 1. The number of aromatic nitrogens is 1. The van der Waals surface area contributed by atoms with Gasteiger partial charge < -0.3 is 10.6 Å². The van der Waals surface area contributed by atoms with E-state index < -0.39 is 15.4 Å². The number of hydrogen-bond acceptors (Lipinski definition) is 6. The van der Waals surface area contributed by atoms with Crippen LogP contribution < -0.4 is 10.6 Å². The molecule has 4 rings (SSSR count). The summed E-state index contributed by atoms with van der Waals surface area (Å²) in [4.78, 5) is 29.0. The molecule has 150 valence electrons. The first kappa shape index (κ1) is 19.3. The van der Waals surface area contributed by atoms with Gasteiger partial charge in [0.1, 0.15) is 0 Å². The molecular weight excluding hydrogens is 400 g/mol. The third kappa shape index (κ3) is 3.51. The van der Waals surface area contributed by atoms with E-state index in [1.54, 1.807) is 25.1 Å². The van der Waals surface area contributed by atoms with E-state index in [0.29, 0.717) is 41.4 Å². The van der Waals surface area contributed by atoms with Crippen LogP contribution in [0.1, 0.15) is 32.6 Å². The maximum Gasteiger partial charge on any atom is 0.243 e. The Bertz CT molecular complexity index is 1040. The molecule has 8 nitrogen and oxygen atoms in total. The highest BCUT2D eigenvalue weighted by molar-refractivity contribution is 7.89. The van der Waals surface area contributed by atoms with Crippen molar-refractivity contribution in [3.8, 4) is 0 Å². The summed E-state index contributed by atoms with van der Waals surface area (Å²) in [6.45, 7) is 3.35. The first-order chi connectivity index (χ1) is 13.3. The molecule has 1 unspecified atom stereocenters. The SMILES string of the molecule is CC1(C(=O)Nc2nc3ccc(S(=O)(=O)N4CCCC4)cc3s2)CCNC(=O)C1. The van der Waals surface area contributed by atoms with Gasteiger partial charge >= 0.3 is 0 Å². The molecule has 2 aliphatic rings. The molecule has 2 saturated heterocycles. The quantitative estimate of drug-likeness (QED) is 0.783. The van der Waals surface area contributed by atoms with Crippen molar-refractivity contribution < 1.29 is 18.0 Å². The van der Waals surface area contributed by atoms with Crippen LogP contribution in [0, 0.1) is 5.41 Å². The maximum absolute atomic E-state index is 12.7. The lowest BCUT2D eigenvalue weighted by Gasteiger charge is -2.31. The van der Waals surface area contributed by atoms with Crippen molar-refractivity contribution in [1.29, 1.82) is 0 Å². The number of rotatable bonds is 4. The Morgan fingerprint density at radius 1 is 1.32 bits per heavy atom. The molecule has 3 heterocycles. The number of anilines is 1. The van der Waals surface area contributed by atoms with Gasteiger partial charge in [0.25, 0.3) is 0 Å². The van der Waals surface area contributed by atoms with Gasteiger partial charge in [0.05, 0.1) is 20.5 Å². The molecule has 2 aliphatic heterocycles. The summed E-state index contributed by atoms with van der Waals surface area (Å²) in [6, 6.07) is 4.85. The molecule has 2 aromatic rings. The number of fused-ring (bicyclic) bond motifs is 1. The second-order valence-electron chi connectivity index (χ2n) is 7.55. The number of nitrogens with zero attached hydrogens (tertiary/aromatic N) is 2. The summed E-state index contributed by atoms with van der Waals surface area (Å²) in [5, 5.41) is 5.94. The minimum atomic E-state index is -3.50. The Balaban J connectivity index is 1.57. The van der Waals surface area contributed by atoms with Gasteiger partial charge in [-0.3, -0.25) is 9.59 Å². The highest BCUT2D eigenvalue weighted by Crippen LogP contribution is 2.33. The maximum atomic E-state index is 12.7. The first-order valence-electron chi connectivity index (χ1n) is 9.27. The molecule has 2 fully saturated rings. The van der Waals surface area contributed by atoms with Gasteiger partial charge in [-0.05, 0) is 37.5 Å². The Morgan fingerprint density at radius 3 is 2.79 bits per heavy atom. The molecule has 2 amide bonds. The monoisotopic (exact) mass is 422 g/mol. The van der Waals surface area contributed by atoms with Gasteiger partial charge in [0, 0.05) is 26.1 Å². The van der Waals surface area contributed by atoms with Crippen LogP contribution in [-0.2, 0) is 19.6 Å². The van der Waals surface area contributed by atoms with Gasteiger partial charge in [-0.2, -0.15) is 4.31 Å². The molecular formula is C18H22N4O4S2. The van der Waals surface area contributed by atoms with Crippen molar-refractivity contribution in [2.24, 2.45) is 5.41 Å². The molecule has 1 aromatic carbocycles. The van der Waals surface area contributed by atoms with Crippen LogP contribution in [0.15, 0.2) is 23.1 Å². The summed E-state index contributed by atoms with van der Waals surface area (Å²) in [5.74, 6) is -0.378. The average molecular weight is 423 g/mol. The molecule has 0 saturated carbocycles. The fourth-order valence-corrected chi connectivity index (χ4v) is 6.14. The molecule has 1 atom stereocenters. The van der Waals surface area contributed by atoms with Crippen LogP contribution in [-0.4, -0.2) is 49.2 Å². The summed E-state index contributed by atoms with van der Waals surface area (Å²) >= 11 is 1.24. The van der Waals surface area contributed by atoms with E-state index in [4.69, 9.17) is 0 Å². The van der Waals surface area contributed by atoms with E-state index in [1.165, 1.54) is 15.6 Å². The van der Waals surface area contributed by atoms with Crippen molar-refractivity contribution in [3.63, 3.8) is 0 Å². The fraction of sp³-hybridized carbons (Fsp3) is 0.500. The summed E-state index contributed by atoms with van der Waals surface area (Å²) < 4.78 is 27.7. The topological polar surface area (TPSA) is 108 Å². The zero-order chi connectivity index (χ0) is 19.9. The van der Waals surface area contributed by atoms with Crippen LogP contribution in [0.2, 0.25) is 0 Å². The fourth-order valence-electron chi connectivity index (χ4n) is 3.62. The Labute approximate surface area is 167 Å². The van der Waals surface area contributed by atoms with Gasteiger partial charge in [-0.15, -0.1) is 0 Å². The number of thiazole rings is 1. The number of carbonyl (C=O) groups is 2. The average Bonchev–Trinajstić information content (AvgIpc) is 3.30. The highest BCUT2D eigenvalue weighted by Gasteiger charge is 2.38. The summed E-state index contributed by atoms with van der Waals surface area (Å²) in [5.41, 5.74) is -0.142. The van der Waals surface area contributed by atoms with Crippen LogP contribution >= 0.6 is 11.3 Å². The standard InChI is InChI=1S/C18H22N4O4S2/c1-18(6-7-19-15(23)11-18)16(24)21-17-20-13-5-4-12(10-14(13)27-17)28(25,26)22-8-2-3-9-22/h4-5,10H,2-3,6-9,11H2,1H3,(H,19,23)(H,20,21,24). The summed E-state index contributed by atoms with van der Waals surface area (Å²) in [7, 11) is -3.50. The lowest BCUT2D eigenvalue weighted by Crippen LogP contribution is -2.45. The molecule has 0 radical (unpaired) electrons. The number of carbonyl (C=O) groups excluding carboxylic acids is 2. The minimum absolute atomic E-state index is 0.134. The molecule has 28 heavy (non-hydrogen) atoms. The minimum Gasteiger partial charge on any atom is -0.356 e. The van der Waals surface area contributed by atoms with Crippen molar-refractivity contribution in [1.82, 2.24) is 14.6 Å². The normalized spacial score (nSPS) is 23.7. The van der Waals surface area contributed by atoms with Gasteiger partial charge in [-0.1, -0.05) is 18.3 Å². The van der Waals surface area contributed by atoms with Crippen molar-refractivity contribution >= 4 is 48.5 Å². The number of piperidine rings is 1. The van der Waals surface area contributed by atoms with Crippen LogP contribution in [0.5, 0.6) is 0 Å². The molecule has 0 aliphatic carbocycles. The van der Waals surface area contributed by atoms with Gasteiger partial charge in [0.15, 0.2) is 5.13 Å². The number of benzene rings is 1. The second kappa shape index (κ2) is 7.09. The Morgan fingerprint density at radius 2 is 2.07 bits per heavy atom. The van der Waals surface area contributed by atoms with Gasteiger partial charge in [0.2, 0.25) is 21.8 Å². The number of nitrogens with one attached hydrogen (secondary N) is 2. The first-order valence-corrected chi connectivity index (χ1v) is 11.5. The largest absolute Gasteiger partial charge is 0.356 e. The number of amides is 2. The molecule has 2 N–H and O–H groups in total. The smallest absolute Gasteiger partial charge is 0.243 e. The van der Waals surface area contributed by atoms with E-state index >= 15 is 0 Å². The predicted molar refractivity (Wildman–Crippen MR) is 107 cm³/mol. The van der Waals surface area contributed by atoms with E-state index in [-0.39, 0.29) is 23.1 Å². The van der Waals surface area contributed by atoms with Crippen molar-refractivity contribution in [2.75, 3.05) is 25.0 Å².